The Hall–Kier alpha value is -3.75. The standard InChI is InChI=1S/C20H21N5O2.CH2O2/c1-14-3-8-17-18(23-14)19(22-13-21-17)25-11-9-24(10-12-25)16-6-4-15(5-7-16)20(26)27-2;2-1-3/h3-8,13H,9-12H2,1-2H3;1H,(H,2,3). The lowest BCUT2D eigenvalue weighted by molar-refractivity contribution is -0.122. The number of ether oxygens (including phenoxy) is 1. The molecular formula is C21H23N5O4. The first-order chi connectivity index (χ1) is 14.6. The molecule has 1 aliphatic rings. The molecule has 1 N–H and O–H groups in total. The number of anilines is 2. The van der Waals surface area contributed by atoms with Crippen LogP contribution in [0.2, 0.25) is 0 Å². The Morgan fingerprint density at radius 1 is 1.03 bits per heavy atom. The lowest BCUT2D eigenvalue weighted by Crippen LogP contribution is -2.47. The molecule has 1 fully saturated rings. The zero-order chi connectivity index (χ0) is 21.5. The Balaban J connectivity index is 0.000000806. The van der Waals surface area contributed by atoms with E-state index < -0.39 is 0 Å². The van der Waals surface area contributed by atoms with Gasteiger partial charge >= 0.3 is 5.97 Å². The van der Waals surface area contributed by atoms with E-state index >= 15 is 0 Å². The predicted molar refractivity (Wildman–Crippen MR) is 113 cm³/mol. The molecule has 4 rings (SSSR count). The largest absolute Gasteiger partial charge is 0.483 e. The monoisotopic (exact) mass is 409 g/mol. The minimum Gasteiger partial charge on any atom is -0.483 e. The highest BCUT2D eigenvalue weighted by Gasteiger charge is 2.21. The third kappa shape index (κ3) is 4.62. The molecule has 9 heteroatoms. The van der Waals surface area contributed by atoms with Crippen molar-refractivity contribution in [3.63, 3.8) is 0 Å². The number of fused-ring (bicyclic) bond motifs is 1. The van der Waals surface area contributed by atoms with E-state index in [2.05, 4.69) is 24.8 Å². The highest BCUT2D eigenvalue weighted by atomic mass is 16.5. The van der Waals surface area contributed by atoms with Gasteiger partial charge in [0.05, 0.1) is 18.2 Å². The van der Waals surface area contributed by atoms with Gasteiger partial charge in [-0.25, -0.2) is 19.7 Å². The van der Waals surface area contributed by atoms with Gasteiger partial charge in [-0.15, -0.1) is 0 Å². The first kappa shape index (κ1) is 21.0. The number of carboxylic acid groups (broad SMARTS) is 1. The summed E-state index contributed by atoms with van der Waals surface area (Å²) in [7, 11) is 1.39. The van der Waals surface area contributed by atoms with Gasteiger partial charge in [0.15, 0.2) is 5.82 Å². The summed E-state index contributed by atoms with van der Waals surface area (Å²) in [6.45, 7) is 5.16. The predicted octanol–water partition coefficient (Wildman–Crippen LogP) is 2.15. The van der Waals surface area contributed by atoms with Gasteiger partial charge in [-0.1, -0.05) is 0 Å². The summed E-state index contributed by atoms with van der Waals surface area (Å²) >= 11 is 0. The summed E-state index contributed by atoms with van der Waals surface area (Å²) < 4.78 is 4.75. The Morgan fingerprint density at radius 3 is 2.30 bits per heavy atom. The van der Waals surface area contributed by atoms with E-state index in [0.717, 1.165) is 54.4 Å². The van der Waals surface area contributed by atoms with Crippen molar-refractivity contribution in [2.45, 2.75) is 6.92 Å². The number of hydrogen-bond acceptors (Lipinski definition) is 8. The van der Waals surface area contributed by atoms with Crippen LogP contribution in [-0.4, -0.2) is 65.8 Å². The summed E-state index contributed by atoms with van der Waals surface area (Å²) in [5.74, 6) is 0.578. The molecule has 0 radical (unpaired) electrons. The number of esters is 1. The van der Waals surface area contributed by atoms with Crippen LogP contribution in [0.3, 0.4) is 0 Å². The van der Waals surface area contributed by atoms with Gasteiger partial charge in [0.1, 0.15) is 11.8 Å². The third-order valence-electron chi connectivity index (χ3n) is 4.83. The molecule has 2 aromatic heterocycles. The average molecular weight is 409 g/mol. The molecule has 1 aliphatic heterocycles. The van der Waals surface area contributed by atoms with E-state index in [9.17, 15) is 4.79 Å². The van der Waals surface area contributed by atoms with Crippen molar-refractivity contribution in [1.82, 2.24) is 15.0 Å². The van der Waals surface area contributed by atoms with Gasteiger partial charge in [0, 0.05) is 37.6 Å². The van der Waals surface area contributed by atoms with Crippen LogP contribution in [-0.2, 0) is 9.53 Å². The normalized spacial score (nSPS) is 13.4. The SMILES string of the molecule is COC(=O)c1ccc(N2CCN(c3ncnc4ccc(C)nc34)CC2)cc1.O=CO. The molecule has 0 bridgehead atoms. The molecule has 3 heterocycles. The number of piperazine rings is 1. The smallest absolute Gasteiger partial charge is 0.337 e. The molecule has 156 valence electrons. The molecule has 3 aromatic rings. The van der Waals surface area contributed by atoms with Gasteiger partial charge in [-0.05, 0) is 43.3 Å². The number of aromatic nitrogens is 3. The molecule has 1 saturated heterocycles. The van der Waals surface area contributed by atoms with Crippen LogP contribution < -0.4 is 9.80 Å². The Labute approximate surface area is 173 Å². The average Bonchev–Trinajstić information content (AvgIpc) is 2.79. The topological polar surface area (TPSA) is 109 Å². The summed E-state index contributed by atoms with van der Waals surface area (Å²) in [5, 5.41) is 6.89. The summed E-state index contributed by atoms with van der Waals surface area (Å²) in [4.78, 5) is 37.9. The number of hydrogen-bond donors (Lipinski definition) is 1. The molecule has 0 amide bonds. The first-order valence-corrected chi connectivity index (χ1v) is 9.42. The highest BCUT2D eigenvalue weighted by molar-refractivity contribution is 5.89. The van der Waals surface area contributed by atoms with E-state index in [-0.39, 0.29) is 12.4 Å². The zero-order valence-corrected chi connectivity index (χ0v) is 16.9. The number of carbonyl (C=O) groups excluding carboxylic acids is 1. The fraction of sp³-hybridized carbons (Fsp3) is 0.286. The lowest BCUT2D eigenvalue weighted by atomic mass is 10.2. The van der Waals surface area contributed by atoms with Crippen LogP contribution >= 0.6 is 0 Å². The fourth-order valence-corrected chi connectivity index (χ4v) is 3.36. The number of pyridine rings is 1. The molecule has 30 heavy (non-hydrogen) atoms. The fourth-order valence-electron chi connectivity index (χ4n) is 3.36. The van der Waals surface area contributed by atoms with E-state index in [1.165, 1.54) is 7.11 Å². The van der Waals surface area contributed by atoms with E-state index in [1.54, 1.807) is 18.5 Å². The lowest BCUT2D eigenvalue weighted by Gasteiger charge is -2.36. The van der Waals surface area contributed by atoms with E-state index in [1.807, 2.05) is 31.2 Å². The van der Waals surface area contributed by atoms with Crippen LogP contribution in [0.4, 0.5) is 11.5 Å². The molecule has 0 spiro atoms. The Kier molecular flexibility index (Phi) is 6.74. The summed E-state index contributed by atoms with van der Waals surface area (Å²) in [6, 6.07) is 11.5. The third-order valence-corrected chi connectivity index (χ3v) is 4.83. The summed E-state index contributed by atoms with van der Waals surface area (Å²) in [6.07, 6.45) is 1.60. The summed E-state index contributed by atoms with van der Waals surface area (Å²) in [5.41, 5.74) is 4.35. The number of nitrogens with zero attached hydrogens (tertiary/aromatic N) is 5. The molecular weight excluding hydrogens is 386 g/mol. The maximum Gasteiger partial charge on any atom is 0.337 e. The Morgan fingerprint density at radius 2 is 1.67 bits per heavy atom. The van der Waals surface area contributed by atoms with Gasteiger partial charge in [-0.2, -0.15) is 0 Å². The molecule has 1 aromatic carbocycles. The number of methoxy groups -OCH3 is 1. The van der Waals surface area contributed by atoms with Crippen LogP contribution in [0.25, 0.3) is 11.0 Å². The van der Waals surface area contributed by atoms with Crippen LogP contribution in [0.15, 0.2) is 42.7 Å². The minimum atomic E-state index is -0.315. The molecule has 0 aliphatic carbocycles. The Bertz CT molecular complexity index is 1020. The van der Waals surface area contributed by atoms with Crippen LogP contribution in [0.5, 0.6) is 0 Å². The molecule has 0 unspecified atom stereocenters. The quantitative estimate of drug-likeness (QED) is 0.514. The highest BCUT2D eigenvalue weighted by Crippen LogP contribution is 2.24. The van der Waals surface area contributed by atoms with Crippen molar-refractivity contribution in [3.8, 4) is 0 Å². The molecule has 0 saturated carbocycles. The van der Waals surface area contributed by atoms with Crippen molar-refractivity contribution in [2.75, 3.05) is 43.1 Å². The van der Waals surface area contributed by atoms with Crippen LogP contribution in [0.1, 0.15) is 16.1 Å². The van der Waals surface area contributed by atoms with Gasteiger partial charge in [0.25, 0.3) is 6.47 Å². The second kappa shape index (κ2) is 9.64. The number of benzene rings is 1. The van der Waals surface area contributed by atoms with Crippen LogP contribution in [0, 0.1) is 6.92 Å². The van der Waals surface area contributed by atoms with Crippen molar-refractivity contribution >= 4 is 35.0 Å². The minimum absolute atomic E-state index is 0.250. The van der Waals surface area contributed by atoms with Crippen molar-refractivity contribution in [3.05, 3.63) is 54.0 Å². The maximum absolute atomic E-state index is 11.6. The number of rotatable bonds is 3. The number of aryl methyl sites for hydroxylation is 1. The number of carbonyl (C=O) groups is 2. The van der Waals surface area contributed by atoms with Crippen molar-refractivity contribution < 1.29 is 19.4 Å². The van der Waals surface area contributed by atoms with Gasteiger partial charge in [0.2, 0.25) is 0 Å². The molecule has 0 atom stereocenters. The van der Waals surface area contributed by atoms with E-state index in [4.69, 9.17) is 14.6 Å². The van der Waals surface area contributed by atoms with Gasteiger partial charge in [-0.3, -0.25) is 4.79 Å². The van der Waals surface area contributed by atoms with Gasteiger partial charge < -0.3 is 19.6 Å². The van der Waals surface area contributed by atoms with E-state index in [0.29, 0.717) is 5.56 Å². The molecule has 9 nitrogen and oxygen atoms in total. The van der Waals surface area contributed by atoms with Crippen molar-refractivity contribution in [2.24, 2.45) is 0 Å². The second-order valence-electron chi connectivity index (χ2n) is 6.64. The zero-order valence-electron chi connectivity index (χ0n) is 16.9. The first-order valence-electron chi connectivity index (χ1n) is 9.42. The second-order valence-corrected chi connectivity index (χ2v) is 6.64. The van der Waals surface area contributed by atoms with Crippen molar-refractivity contribution in [1.29, 1.82) is 0 Å². The maximum atomic E-state index is 11.6.